The second kappa shape index (κ2) is 5.90. The molecule has 1 heterocycles. The summed E-state index contributed by atoms with van der Waals surface area (Å²) < 4.78 is 16.3. The molecule has 0 amide bonds. The minimum Gasteiger partial charge on any atom is -0.317 e. The molecule has 0 radical (unpaired) electrons. The summed E-state index contributed by atoms with van der Waals surface area (Å²) >= 11 is 0. The molecule has 104 valence electrons. The summed E-state index contributed by atoms with van der Waals surface area (Å²) in [5.74, 6) is 0. The predicted octanol–water partition coefficient (Wildman–Crippen LogP) is 2.47. The van der Waals surface area contributed by atoms with Crippen molar-refractivity contribution in [3.8, 4) is 0 Å². The van der Waals surface area contributed by atoms with E-state index in [9.17, 15) is 0 Å². The van der Waals surface area contributed by atoms with Crippen LogP contribution < -0.4 is 15.7 Å². The Balaban J connectivity index is 2.07. The van der Waals surface area contributed by atoms with Gasteiger partial charge in [0.25, 0.3) is 0 Å². The molecule has 0 aromatic heterocycles. The van der Waals surface area contributed by atoms with Crippen molar-refractivity contribution in [2.75, 3.05) is 13.1 Å². The van der Waals surface area contributed by atoms with Crippen LogP contribution in [0.15, 0.2) is 60.7 Å². The normalized spacial score (nSPS) is 17.1. The minimum absolute atomic E-state index is 0.175. The maximum Gasteiger partial charge on any atom is 0.311 e. The van der Waals surface area contributed by atoms with Crippen LogP contribution in [0.5, 0.6) is 0 Å². The first-order valence-electron chi connectivity index (χ1n) is 7.32. The van der Waals surface area contributed by atoms with Gasteiger partial charge in [0, 0.05) is 0 Å². The molecule has 1 N–H and O–H groups in total. The Kier molecular flexibility index (Phi) is 3.99. The highest BCUT2D eigenvalue weighted by Gasteiger charge is 2.46. The molecule has 1 saturated heterocycles. The van der Waals surface area contributed by atoms with Gasteiger partial charge in [-0.15, -0.1) is 0 Å². The first-order valence-corrected chi connectivity index (χ1v) is 9.28. The van der Waals surface area contributed by atoms with Gasteiger partial charge in [-0.1, -0.05) is 60.7 Å². The molecule has 3 heteroatoms. The number of halogens is 1. The van der Waals surface area contributed by atoms with Crippen LogP contribution in [0.2, 0.25) is 5.54 Å². The van der Waals surface area contributed by atoms with Gasteiger partial charge in [0.1, 0.15) is 0 Å². The standard InChI is InChI=1S/C17H20FNSi/c18-20(15-7-3-1-4-8-15,16-9-5-2-6-10-16)17-11-13-19-14-12-17/h1-10,17,19H,11-14H2. The topological polar surface area (TPSA) is 12.0 Å². The number of nitrogens with one attached hydrogen (secondary N) is 1. The molecule has 1 nitrogen and oxygen atoms in total. The third-order valence-corrected chi connectivity index (χ3v) is 8.34. The second-order valence-corrected chi connectivity index (χ2v) is 8.86. The Bertz CT molecular complexity index is 498. The summed E-state index contributed by atoms with van der Waals surface area (Å²) in [6.45, 7) is 1.87. The van der Waals surface area contributed by atoms with Gasteiger partial charge in [-0.3, -0.25) is 0 Å². The Morgan fingerprint density at radius 3 is 1.70 bits per heavy atom. The van der Waals surface area contributed by atoms with Crippen LogP contribution in [0.1, 0.15) is 12.8 Å². The van der Waals surface area contributed by atoms with E-state index in [0.29, 0.717) is 0 Å². The molecule has 0 aliphatic carbocycles. The van der Waals surface area contributed by atoms with Crippen molar-refractivity contribution < 1.29 is 4.11 Å². The van der Waals surface area contributed by atoms with Crippen LogP contribution in [-0.2, 0) is 0 Å². The van der Waals surface area contributed by atoms with E-state index >= 15 is 4.11 Å². The summed E-state index contributed by atoms with van der Waals surface area (Å²) in [6, 6.07) is 19.7. The summed E-state index contributed by atoms with van der Waals surface area (Å²) in [5.41, 5.74) is 0.175. The van der Waals surface area contributed by atoms with E-state index in [0.717, 1.165) is 36.3 Å². The molecule has 3 rings (SSSR count). The first kappa shape index (κ1) is 13.5. The van der Waals surface area contributed by atoms with Gasteiger partial charge in [-0.05, 0) is 41.8 Å². The summed E-state index contributed by atoms with van der Waals surface area (Å²) in [6.07, 6.45) is 1.87. The Labute approximate surface area is 121 Å². The largest absolute Gasteiger partial charge is 0.317 e. The minimum atomic E-state index is -3.14. The molecule has 20 heavy (non-hydrogen) atoms. The lowest BCUT2D eigenvalue weighted by Gasteiger charge is -2.35. The average molecular weight is 285 g/mol. The van der Waals surface area contributed by atoms with E-state index in [2.05, 4.69) is 5.32 Å². The van der Waals surface area contributed by atoms with Crippen molar-refractivity contribution >= 4 is 18.8 Å². The van der Waals surface area contributed by atoms with E-state index in [1.165, 1.54) is 0 Å². The fraction of sp³-hybridized carbons (Fsp3) is 0.294. The molecular formula is C17H20FNSi. The highest BCUT2D eigenvalue weighted by molar-refractivity contribution is 6.98. The number of piperidine rings is 1. The fourth-order valence-corrected chi connectivity index (χ4v) is 6.93. The number of hydrogen-bond acceptors (Lipinski definition) is 1. The quantitative estimate of drug-likeness (QED) is 0.675. The van der Waals surface area contributed by atoms with Crippen molar-refractivity contribution in [2.24, 2.45) is 0 Å². The Morgan fingerprint density at radius 1 is 0.800 bits per heavy atom. The SMILES string of the molecule is F[Si](c1ccccc1)(c1ccccc1)C1CCNCC1. The summed E-state index contributed by atoms with van der Waals surface area (Å²) in [7, 11) is -3.14. The van der Waals surface area contributed by atoms with Gasteiger partial charge < -0.3 is 9.42 Å². The van der Waals surface area contributed by atoms with Crippen molar-refractivity contribution in [1.82, 2.24) is 5.32 Å². The van der Waals surface area contributed by atoms with Gasteiger partial charge in [-0.2, -0.15) is 0 Å². The van der Waals surface area contributed by atoms with Crippen LogP contribution in [0.25, 0.3) is 0 Å². The molecule has 0 atom stereocenters. The van der Waals surface area contributed by atoms with E-state index in [4.69, 9.17) is 0 Å². The van der Waals surface area contributed by atoms with E-state index in [-0.39, 0.29) is 5.54 Å². The number of rotatable bonds is 3. The molecule has 1 aliphatic heterocycles. The lowest BCUT2D eigenvalue weighted by atomic mass is 10.2. The summed E-state index contributed by atoms with van der Waals surface area (Å²) in [5, 5.41) is 5.18. The predicted molar refractivity (Wildman–Crippen MR) is 84.9 cm³/mol. The maximum absolute atomic E-state index is 16.3. The molecular weight excluding hydrogens is 265 g/mol. The van der Waals surface area contributed by atoms with Gasteiger partial charge in [0.2, 0.25) is 0 Å². The molecule has 0 spiro atoms. The van der Waals surface area contributed by atoms with E-state index < -0.39 is 8.41 Å². The fourth-order valence-electron chi connectivity index (χ4n) is 3.22. The zero-order valence-electron chi connectivity index (χ0n) is 11.6. The van der Waals surface area contributed by atoms with Crippen LogP contribution in [0.4, 0.5) is 4.11 Å². The van der Waals surface area contributed by atoms with Gasteiger partial charge in [-0.25, -0.2) is 0 Å². The Morgan fingerprint density at radius 2 is 1.25 bits per heavy atom. The maximum atomic E-state index is 16.3. The number of hydrogen-bond donors (Lipinski definition) is 1. The lowest BCUT2D eigenvalue weighted by molar-refractivity contribution is 0.495. The number of benzene rings is 2. The lowest BCUT2D eigenvalue weighted by Crippen LogP contribution is -2.59. The van der Waals surface area contributed by atoms with Crippen LogP contribution >= 0.6 is 0 Å². The van der Waals surface area contributed by atoms with Crippen LogP contribution in [0.3, 0.4) is 0 Å². The van der Waals surface area contributed by atoms with Crippen LogP contribution in [0, 0.1) is 0 Å². The molecule has 2 aromatic carbocycles. The van der Waals surface area contributed by atoms with Gasteiger partial charge in [0.05, 0.1) is 0 Å². The van der Waals surface area contributed by atoms with Crippen molar-refractivity contribution in [2.45, 2.75) is 18.4 Å². The van der Waals surface area contributed by atoms with Gasteiger partial charge >= 0.3 is 8.41 Å². The zero-order valence-corrected chi connectivity index (χ0v) is 12.6. The smallest absolute Gasteiger partial charge is 0.311 e. The van der Waals surface area contributed by atoms with Crippen molar-refractivity contribution in [1.29, 1.82) is 0 Å². The van der Waals surface area contributed by atoms with E-state index in [1.54, 1.807) is 0 Å². The van der Waals surface area contributed by atoms with Gasteiger partial charge in [0.15, 0.2) is 0 Å². The molecule has 1 fully saturated rings. The molecule has 0 unspecified atom stereocenters. The molecule has 2 aromatic rings. The molecule has 0 saturated carbocycles. The third kappa shape index (κ3) is 2.43. The Hall–Kier alpha value is -1.45. The van der Waals surface area contributed by atoms with E-state index in [1.807, 2.05) is 60.7 Å². The highest BCUT2D eigenvalue weighted by Crippen LogP contribution is 2.31. The molecule has 1 aliphatic rings. The van der Waals surface area contributed by atoms with Crippen molar-refractivity contribution in [3.05, 3.63) is 60.7 Å². The third-order valence-electron chi connectivity index (χ3n) is 4.29. The highest BCUT2D eigenvalue weighted by atomic mass is 28.4. The van der Waals surface area contributed by atoms with Crippen molar-refractivity contribution in [3.63, 3.8) is 0 Å². The summed E-state index contributed by atoms with van der Waals surface area (Å²) in [4.78, 5) is 0. The van der Waals surface area contributed by atoms with Crippen LogP contribution in [-0.4, -0.2) is 21.5 Å². The first-order chi connectivity index (χ1) is 9.82. The average Bonchev–Trinajstić information content (AvgIpc) is 2.56. The zero-order chi connectivity index (χ0) is 13.8. The molecule has 0 bridgehead atoms. The second-order valence-electron chi connectivity index (χ2n) is 5.47. The monoisotopic (exact) mass is 285 g/mol.